The zero-order valence-corrected chi connectivity index (χ0v) is 17.9. The number of hydrogen-bond donors (Lipinski definition) is 1. The van der Waals surface area contributed by atoms with Gasteiger partial charge in [-0.3, -0.25) is 9.59 Å². The Balaban J connectivity index is 0.00000131. The van der Waals surface area contributed by atoms with Crippen LogP contribution in [-0.4, -0.2) is 65.4 Å². The van der Waals surface area contributed by atoms with Crippen LogP contribution in [0.1, 0.15) is 23.3 Å². The molecule has 6 nitrogen and oxygen atoms in total. The Morgan fingerprint density at radius 1 is 1.26 bits per heavy atom. The number of amides is 2. The summed E-state index contributed by atoms with van der Waals surface area (Å²) in [5.41, 5.74) is 0.515. The molecule has 2 aliphatic rings. The van der Waals surface area contributed by atoms with Gasteiger partial charge in [0.2, 0.25) is 5.91 Å². The molecule has 1 unspecified atom stereocenters. The van der Waals surface area contributed by atoms with Crippen LogP contribution in [0.5, 0.6) is 0 Å². The van der Waals surface area contributed by atoms with Crippen molar-refractivity contribution >= 4 is 59.3 Å². The highest BCUT2D eigenvalue weighted by Gasteiger charge is 2.32. The van der Waals surface area contributed by atoms with Crippen LogP contribution in [0.25, 0.3) is 9.88 Å². The highest BCUT2D eigenvalue weighted by molar-refractivity contribution is 7.20. The van der Waals surface area contributed by atoms with Crippen molar-refractivity contribution in [1.82, 2.24) is 20.1 Å². The fourth-order valence-corrected chi connectivity index (χ4v) is 5.06. The maximum absolute atomic E-state index is 12.9. The number of thiophene rings is 1. The van der Waals surface area contributed by atoms with Gasteiger partial charge in [0, 0.05) is 37.6 Å². The minimum atomic E-state index is -0.0219. The number of thiazole rings is 1. The molecule has 2 aromatic rings. The predicted molar refractivity (Wildman–Crippen MR) is 113 cm³/mol. The van der Waals surface area contributed by atoms with E-state index in [4.69, 9.17) is 0 Å². The highest BCUT2D eigenvalue weighted by Crippen LogP contribution is 2.28. The van der Waals surface area contributed by atoms with Gasteiger partial charge in [-0.05, 0) is 24.3 Å². The van der Waals surface area contributed by atoms with Gasteiger partial charge in [-0.2, -0.15) is 0 Å². The molecule has 148 valence electrons. The van der Waals surface area contributed by atoms with Gasteiger partial charge in [-0.1, -0.05) is 6.07 Å². The van der Waals surface area contributed by atoms with Crippen molar-refractivity contribution in [2.24, 2.45) is 0 Å². The van der Waals surface area contributed by atoms with E-state index in [9.17, 15) is 9.59 Å². The standard InChI is InChI=1S/C17H20N4O2S2.2ClH/c22-15-9-18-5-7-21(15)12-3-1-6-20(10-12)17(23)13-11-25-16(19-13)14-4-2-8-24-14;;/h2,4,8,11-12,18H,1,3,5-7,9-10H2;2*1H. The largest absolute Gasteiger partial charge is 0.336 e. The summed E-state index contributed by atoms with van der Waals surface area (Å²) >= 11 is 3.14. The Morgan fingerprint density at radius 2 is 2.11 bits per heavy atom. The first-order chi connectivity index (χ1) is 12.2. The zero-order chi connectivity index (χ0) is 17.2. The van der Waals surface area contributed by atoms with E-state index < -0.39 is 0 Å². The van der Waals surface area contributed by atoms with Crippen LogP contribution in [-0.2, 0) is 4.79 Å². The van der Waals surface area contributed by atoms with Crippen LogP contribution >= 0.6 is 47.5 Å². The number of carbonyl (C=O) groups is 2. The van der Waals surface area contributed by atoms with E-state index in [0.717, 1.165) is 42.4 Å². The number of carbonyl (C=O) groups excluding carboxylic acids is 2. The van der Waals surface area contributed by atoms with Crippen molar-refractivity contribution in [3.05, 3.63) is 28.6 Å². The third-order valence-electron chi connectivity index (χ3n) is 4.71. The zero-order valence-electron chi connectivity index (χ0n) is 14.6. The molecule has 0 spiro atoms. The quantitative estimate of drug-likeness (QED) is 0.783. The molecule has 0 aromatic carbocycles. The molecule has 2 aliphatic heterocycles. The fourth-order valence-electron chi connectivity index (χ4n) is 3.45. The SMILES string of the molecule is Cl.Cl.O=C(c1csc(-c2cccs2)n1)N1CCCC(N2CCNCC2=O)C1. The van der Waals surface area contributed by atoms with Crippen molar-refractivity contribution in [1.29, 1.82) is 0 Å². The summed E-state index contributed by atoms with van der Waals surface area (Å²) < 4.78 is 0. The van der Waals surface area contributed by atoms with Crippen LogP contribution in [0, 0.1) is 0 Å². The second-order valence-electron chi connectivity index (χ2n) is 6.33. The molecule has 0 aliphatic carbocycles. The Labute approximate surface area is 178 Å². The minimum absolute atomic E-state index is 0. The fraction of sp³-hybridized carbons (Fsp3) is 0.471. The Kier molecular flexibility index (Phi) is 8.05. The Hall–Kier alpha value is -1.19. The number of aromatic nitrogens is 1. The van der Waals surface area contributed by atoms with Crippen LogP contribution in [0.15, 0.2) is 22.9 Å². The Bertz CT molecular complexity index is 769. The number of rotatable bonds is 3. The average Bonchev–Trinajstić information content (AvgIpc) is 3.33. The molecule has 1 atom stereocenters. The number of nitrogens with one attached hydrogen (secondary N) is 1. The van der Waals surface area contributed by atoms with E-state index in [0.29, 0.717) is 18.8 Å². The smallest absolute Gasteiger partial charge is 0.273 e. The van der Waals surface area contributed by atoms with Gasteiger partial charge in [-0.25, -0.2) is 4.98 Å². The van der Waals surface area contributed by atoms with Crippen LogP contribution in [0.3, 0.4) is 0 Å². The maximum Gasteiger partial charge on any atom is 0.273 e. The molecular formula is C17H22Cl2N4O2S2. The van der Waals surface area contributed by atoms with Gasteiger partial charge in [0.1, 0.15) is 10.7 Å². The Morgan fingerprint density at radius 3 is 2.85 bits per heavy atom. The summed E-state index contributed by atoms with van der Waals surface area (Å²) in [6, 6.07) is 4.13. The molecular weight excluding hydrogens is 427 g/mol. The monoisotopic (exact) mass is 448 g/mol. The first-order valence-corrected chi connectivity index (χ1v) is 10.3. The maximum atomic E-state index is 12.9. The molecule has 2 amide bonds. The van der Waals surface area contributed by atoms with Gasteiger partial charge < -0.3 is 15.1 Å². The van der Waals surface area contributed by atoms with Gasteiger partial charge in [-0.15, -0.1) is 47.5 Å². The summed E-state index contributed by atoms with van der Waals surface area (Å²) in [6.07, 6.45) is 1.89. The molecule has 10 heteroatoms. The van der Waals surface area contributed by atoms with E-state index in [-0.39, 0.29) is 42.7 Å². The van der Waals surface area contributed by atoms with Crippen molar-refractivity contribution in [3.8, 4) is 9.88 Å². The second kappa shape index (κ2) is 9.84. The number of hydrogen-bond acceptors (Lipinski definition) is 6. The summed E-state index contributed by atoms with van der Waals surface area (Å²) in [6.45, 7) is 3.30. The van der Waals surface area contributed by atoms with E-state index in [2.05, 4.69) is 10.3 Å². The summed E-state index contributed by atoms with van der Waals surface area (Å²) in [5.74, 6) is 0.116. The molecule has 4 rings (SSSR count). The van der Waals surface area contributed by atoms with Crippen molar-refractivity contribution in [2.75, 3.05) is 32.7 Å². The van der Waals surface area contributed by atoms with Crippen LogP contribution in [0.2, 0.25) is 0 Å². The first-order valence-electron chi connectivity index (χ1n) is 8.51. The van der Waals surface area contributed by atoms with Gasteiger partial charge in [0.15, 0.2) is 0 Å². The lowest BCUT2D eigenvalue weighted by molar-refractivity contribution is -0.135. The lowest BCUT2D eigenvalue weighted by atomic mass is 10.0. The van der Waals surface area contributed by atoms with Gasteiger partial charge >= 0.3 is 0 Å². The number of likely N-dealkylation sites (tertiary alicyclic amines) is 1. The van der Waals surface area contributed by atoms with Gasteiger partial charge in [0.25, 0.3) is 5.91 Å². The molecule has 2 aromatic heterocycles. The number of piperazine rings is 1. The van der Waals surface area contributed by atoms with E-state index in [1.165, 1.54) is 11.3 Å². The summed E-state index contributed by atoms with van der Waals surface area (Å²) in [4.78, 5) is 34.4. The molecule has 0 radical (unpaired) electrons. The van der Waals surface area contributed by atoms with Gasteiger partial charge in [0.05, 0.1) is 11.4 Å². The van der Waals surface area contributed by atoms with Crippen LogP contribution < -0.4 is 5.32 Å². The first kappa shape index (κ1) is 22.1. The third-order valence-corrected chi connectivity index (χ3v) is 6.59. The molecule has 1 N–H and O–H groups in total. The molecule has 0 bridgehead atoms. The number of piperidine rings is 1. The van der Waals surface area contributed by atoms with Crippen molar-refractivity contribution < 1.29 is 9.59 Å². The molecule has 2 saturated heterocycles. The van der Waals surface area contributed by atoms with E-state index >= 15 is 0 Å². The predicted octanol–water partition coefficient (Wildman–Crippen LogP) is 2.75. The summed E-state index contributed by atoms with van der Waals surface area (Å²) in [7, 11) is 0. The van der Waals surface area contributed by atoms with Crippen LogP contribution in [0.4, 0.5) is 0 Å². The lowest BCUT2D eigenvalue weighted by Crippen LogP contribution is -2.57. The van der Waals surface area contributed by atoms with E-state index in [1.54, 1.807) is 11.3 Å². The molecule has 0 saturated carbocycles. The normalized spacial score (nSPS) is 20.0. The minimum Gasteiger partial charge on any atom is -0.336 e. The van der Waals surface area contributed by atoms with Crippen molar-refractivity contribution in [2.45, 2.75) is 18.9 Å². The highest BCUT2D eigenvalue weighted by atomic mass is 35.5. The molecule has 4 heterocycles. The third kappa shape index (κ3) is 4.81. The van der Waals surface area contributed by atoms with Crippen molar-refractivity contribution in [3.63, 3.8) is 0 Å². The average molecular weight is 449 g/mol. The van der Waals surface area contributed by atoms with E-state index in [1.807, 2.05) is 32.7 Å². The lowest BCUT2D eigenvalue weighted by Gasteiger charge is -2.40. The number of halogens is 2. The summed E-state index contributed by atoms with van der Waals surface area (Å²) in [5, 5.41) is 7.85. The topological polar surface area (TPSA) is 65.5 Å². The molecule has 2 fully saturated rings. The second-order valence-corrected chi connectivity index (χ2v) is 8.13. The molecule has 27 heavy (non-hydrogen) atoms. The number of nitrogens with zero attached hydrogens (tertiary/aromatic N) is 3.